The number of hydrogen-bond acceptors (Lipinski definition) is 6. The highest BCUT2D eigenvalue weighted by Crippen LogP contribution is 2.44. The van der Waals surface area contributed by atoms with E-state index in [4.69, 9.17) is 4.89 Å². The molecule has 0 radical (unpaired) electrons. The van der Waals surface area contributed by atoms with Crippen LogP contribution in [0.1, 0.15) is 83.1 Å². The van der Waals surface area contributed by atoms with Gasteiger partial charge in [-0.3, -0.25) is 15.3 Å². The molecule has 1 aromatic rings. The second-order valence-corrected chi connectivity index (χ2v) is 9.70. The van der Waals surface area contributed by atoms with Crippen LogP contribution < -0.4 is 5.32 Å². The van der Waals surface area contributed by atoms with Gasteiger partial charge in [-0.15, -0.1) is 0 Å². The van der Waals surface area contributed by atoms with E-state index < -0.39 is 22.9 Å². The van der Waals surface area contributed by atoms with E-state index in [0.717, 1.165) is 12.0 Å². The van der Waals surface area contributed by atoms with E-state index in [1.165, 1.54) is 6.07 Å². The minimum Gasteiger partial charge on any atom is -0.478 e. The Bertz CT molecular complexity index is 776. The lowest BCUT2D eigenvalue weighted by Crippen LogP contribution is -2.43. The van der Waals surface area contributed by atoms with Crippen molar-refractivity contribution in [1.82, 2.24) is 0 Å². The van der Waals surface area contributed by atoms with Crippen molar-refractivity contribution >= 4 is 17.6 Å². The van der Waals surface area contributed by atoms with Crippen molar-refractivity contribution < 1.29 is 35.0 Å². The summed E-state index contributed by atoms with van der Waals surface area (Å²) in [7, 11) is 0. The molecule has 0 aliphatic heterocycles. The summed E-state index contributed by atoms with van der Waals surface area (Å²) in [4.78, 5) is 34.2. The van der Waals surface area contributed by atoms with Crippen molar-refractivity contribution in [3.8, 4) is 0 Å². The number of carboxylic acids is 1. The lowest BCUT2D eigenvalue weighted by atomic mass is 9.65. The number of hydrogen-bond donors (Lipinski definition) is 4. The van der Waals surface area contributed by atoms with Crippen LogP contribution in [0.2, 0.25) is 0 Å². The van der Waals surface area contributed by atoms with Crippen LogP contribution in [-0.4, -0.2) is 39.7 Å². The maximum absolute atomic E-state index is 13.2. The zero-order valence-corrected chi connectivity index (χ0v) is 20.3. The molecule has 8 heteroatoms. The summed E-state index contributed by atoms with van der Waals surface area (Å²) in [5, 5.41) is 31.0. The molecule has 0 aliphatic carbocycles. The molecule has 4 atom stereocenters. The van der Waals surface area contributed by atoms with E-state index in [2.05, 4.69) is 10.2 Å². The number of carboxylic acid groups (broad SMARTS) is 1. The molecule has 8 nitrogen and oxygen atoms in total. The minimum absolute atomic E-state index is 0.0119. The SMILES string of the molecule is CCC(CC(C)(CC(C)(C)C(=O)Nc1ccc(C)cc1C(=O)O)C(C)OO)C(CC)OO. The van der Waals surface area contributed by atoms with Gasteiger partial charge in [-0.25, -0.2) is 14.6 Å². The van der Waals surface area contributed by atoms with Gasteiger partial charge in [-0.1, -0.05) is 52.7 Å². The first-order valence-corrected chi connectivity index (χ1v) is 11.1. The van der Waals surface area contributed by atoms with Crippen LogP contribution in [0.15, 0.2) is 18.2 Å². The lowest BCUT2D eigenvalue weighted by molar-refractivity contribution is -0.310. The van der Waals surface area contributed by atoms with Crippen molar-refractivity contribution in [3.63, 3.8) is 0 Å². The molecule has 0 spiro atoms. The zero-order valence-electron chi connectivity index (χ0n) is 20.3. The van der Waals surface area contributed by atoms with Crippen molar-refractivity contribution in [1.29, 1.82) is 0 Å². The summed E-state index contributed by atoms with van der Waals surface area (Å²) in [6.45, 7) is 12.9. The Morgan fingerprint density at radius 3 is 2.19 bits per heavy atom. The largest absolute Gasteiger partial charge is 0.478 e. The third-order valence-corrected chi connectivity index (χ3v) is 6.57. The van der Waals surface area contributed by atoms with Crippen molar-refractivity contribution in [2.24, 2.45) is 16.7 Å². The molecular weight excluding hydrogens is 414 g/mol. The summed E-state index contributed by atoms with van der Waals surface area (Å²) in [6, 6.07) is 4.85. The third-order valence-electron chi connectivity index (χ3n) is 6.57. The Hall–Kier alpha value is -2.00. The van der Waals surface area contributed by atoms with Gasteiger partial charge in [0.1, 0.15) is 0 Å². The molecule has 4 N–H and O–H groups in total. The fraction of sp³-hybridized carbons (Fsp3) is 0.667. The average molecular weight is 454 g/mol. The highest BCUT2D eigenvalue weighted by molar-refractivity contribution is 6.02. The number of nitrogens with one attached hydrogen (secondary N) is 1. The summed E-state index contributed by atoms with van der Waals surface area (Å²) >= 11 is 0. The van der Waals surface area contributed by atoms with E-state index in [0.29, 0.717) is 19.3 Å². The highest BCUT2D eigenvalue weighted by Gasteiger charge is 2.43. The van der Waals surface area contributed by atoms with Gasteiger partial charge in [0.15, 0.2) is 0 Å². The molecule has 0 heterocycles. The van der Waals surface area contributed by atoms with Crippen LogP contribution in [0.3, 0.4) is 0 Å². The monoisotopic (exact) mass is 453 g/mol. The summed E-state index contributed by atoms with van der Waals surface area (Å²) in [5.41, 5.74) is -0.502. The smallest absolute Gasteiger partial charge is 0.337 e. The minimum atomic E-state index is -1.12. The zero-order chi connectivity index (χ0) is 24.7. The maximum atomic E-state index is 13.2. The van der Waals surface area contributed by atoms with E-state index in [9.17, 15) is 25.2 Å². The number of anilines is 1. The second kappa shape index (κ2) is 11.7. The van der Waals surface area contributed by atoms with Gasteiger partial charge in [0.05, 0.1) is 23.5 Å². The summed E-state index contributed by atoms with van der Waals surface area (Å²) in [5.74, 6) is -1.46. The van der Waals surface area contributed by atoms with Gasteiger partial charge in [-0.05, 0) is 56.6 Å². The van der Waals surface area contributed by atoms with Crippen molar-refractivity contribution in [3.05, 3.63) is 29.3 Å². The van der Waals surface area contributed by atoms with E-state index in [-0.39, 0.29) is 29.2 Å². The van der Waals surface area contributed by atoms with Gasteiger partial charge in [0, 0.05) is 5.41 Å². The number of amides is 1. The predicted octanol–water partition coefficient (Wildman–Crippen LogP) is 5.62. The average Bonchev–Trinajstić information content (AvgIpc) is 2.73. The van der Waals surface area contributed by atoms with E-state index >= 15 is 0 Å². The molecule has 1 amide bonds. The van der Waals surface area contributed by atoms with Crippen LogP contribution in [-0.2, 0) is 14.6 Å². The number of aromatic carboxylic acids is 1. The second-order valence-electron chi connectivity index (χ2n) is 9.70. The molecular formula is C24H39NO7. The number of carbonyl (C=O) groups excluding carboxylic acids is 1. The van der Waals surface area contributed by atoms with Crippen LogP contribution in [0.4, 0.5) is 5.69 Å². The topological polar surface area (TPSA) is 125 Å². The van der Waals surface area contributed by atoms with E-state index in [1.54, 1.807) is 39.8 Å². The molecule has 0 bridgehead atoms. The molecule has 0 saturated heterocycles. The number of carbonyl (C=O) groups is 2. The van der Waals surface area contributed by atoms with Gasteiger partial charge in [-0.2, -0.15) is 0 Å². The van der Waals surface area contributed by atoms with Crippen LogP contribution in [0, 0.1) is 23.7 Å². The molecule has 182 valence electrons. The Kier molecular flexibility index (Phi) is 10.3. The van der Waals surface area contributed by atoms with Crippen molar-refractivity contribution in [2.45, 2.75) is 86.4 Å². The van der Waals surface area contributed by atoms with Crippen LogP contribution in [0.25, 0.3) is 0 Å². The molecule has 4 unspecified atom stereocenters. The number of rotatable bonds is 13. The van der Waals surface area contributed by atoms with Crippen LogP contribution >= 0.6 is 0 Å². The Labute approximate surface area is 190 Å². The molecule has 1 rings (SSSR count). The van der Waals surface area contributed by atoms with Gasteiger partial charge < -0.3 is 10.4 Å². The molecule has 32 heavy (non-hydrogen) atoms. The summed E-state index contributed by atoms with van der Waals surface area (Å²) < 4.78 is 0. The normalized spacial score (nSPS) is 16.7. The lowest BCUT2D eigenvalue weighted by Gasteiger charge is -2.42. The Morgan fingerprint density at radius 1 is 1.09 bits per heavy atom. The first-order chi connectivity index (χ1) is 14.8. The maximum Gasteiger partial charge on any atom is 0.337 e. The van der Waals surface area contributed by atoms with E-state index in [1.807, 2.05) is 20.8 Å². The Balaban J connectivity index is 3.18. The van der Waals surface area contributed by atoms with Gasteiger partial charge in [0.2, 0.25) is 5.91 Å². The predicted molar refractivity (Wildman–Crippen MR) is 123 cm³/mol. The number of aryl methyl sites for hydroxylation is 1. The molecule has 0 fully saturated rings. The van der Waals surface area contributed by atoms with Gasteiger partial charge >= 0.3 is 5.97 Å². The molecule has 0 aliphatic rings. The first-order valence-electron chi connectivity index (χ1n) is 11.1. The fourth-order valence-electron chi connectivity index (χ4n) is 4.47. The molecule has 0 aromatic heterocycles. The van der Waals surface area contributed by atoms with Crippen molar-refractivity contribution in [2.75, 3.05) is 5.32 Å². The standard InChI is InChI=1S/C24H39NO7/c1-8-17(20(9-2)32-30)13-24(7,16(4)31-29)14-23(5,6)22(28)25-19-11-10-15(3)12-18(19)21(26)27/h10-12,16-17,20,29-30H,8-9,13-14H2,1-7H3,(H,25,28)(H,26,27). The van der Waals surface area contributed by atoms with Crippen LogP contribution in [0.5, 0.6) is 0 Å². The fourth-order valence-corrected chi connectivity index (χ4v) is 4.47. The first kappa shape index (κ1) is 28.0. The van der Waals surface area contributed by atoms with Gasteiger partial charge in [0.25, 0.3) is 0 Å². The molecule has 0 saturated carbocycles. The quantitative estimate of drug-likeness (QED) is 0.226. The number of benzene rings is 1. The molecule has 1 aromatic carbocycles. The Morgan fingerprint density at radius 2 is 1.72 bits per heavy atom. The third kappa shape index (κ3) is 7.00. The highest BCUT2D eigenvalue weighted by atomic mass is 17.1. The summed E-state index contributed by atoms with van der Waals surface area (Å²) in [6.07, 6.45) is 1.30.